The van der Waals surface area contributed by atoms with Gasteiger partial charge in [-0.15, -0.1) is 0 Å². The molecule has 7 heteroatoms. The molecule has 5 heterocycles. The van der Waals surface area contributed by atoms with Crippen LogP contribution < -0.4 is 0 Å². The van der Waals surface area contributed by atoms with Crippen LogP contribution >= 0.6 is 23.1 Å². The Morgan fingerprint density at radius 3 is 2.79 bits per heavy atom. The van der Waals surface area contributed by atoms with E-state index in [2.05, 4.69) is 64.0 Å². The molecule has 0 saturated carbocycles. The fraction of sp³-hybridized carbons (Fsp3) is 0.227. The number of benzene rings is 1. The van der Waals surface area contributed by atoms with Crippen molar-refractivity contribution in [2.75, 3.05) is 6.54 Å². The van der Waals surface area contributed by atoms with E-state index in [1.54, 1.807) is 11.3 Å². The number of para-hydroxylation sites is 1. The third-order valence-electron chi connectivity index (χ3n) is 5.45. The molecular weight excluding hydrogens is 398 g/mol. The Labute approximate surface area is 177 Å². The van der Waals surface area contributed by atoms with Crippen molar-refractivity contribution in [1.82, 2.24) is 19.4 Å². The Bertz CT molecular complexity index is 1180. The first-order chi connectivity index (χ1) is 14.3. The van der Waals surface area contributed by atoms with Gasteiger partial charge in [0.05, 0.1) is 27.6 Å². The second-order valence-electron chi connectivity index (χ2n) is 7.40. The standard InChI is InChI=1S/C22H19N5S2/c1-14-13-27-20(19(25-22(27)28-14)16-8-4-5-11-23-16)17-9-6-12-26(17)21-24-15-7-2-3-10-18(15)29-21/h2-12,14,19-20H,13H2,1H3. The maximum Gasteiger partial charge on any atom is 0.194 e. The zero-order chi connectivity index (χ0) is 19.4. The number of thioether (sulfide) groups is 1. The highest BCUT2D eigenvalue weighted by Gasteiger charge is 2.44. The van der Waals surface area contributed by atoms with Gasteiger partial charge in [-0.05, 0) is 36.4 Å². The first-order valence-corrected chi connectivity index (χ1v) is 11.4. The van der Waals surface area contributed by atoms with Crippen LogP contribution in [-0.4, -0.2) is 36.4 Å². The second kappa shape index (κ2) is 6.71. The number of fused-ring (bicyclic) bond motifs is 2. The number of aliphatic imine (C=N–C) groups is 1. The normalized spacial score (nSPS) is 23.6. The summed E-state index contributed by atoms with van der Waals surface area (Å²) in [5.74, 6) is 0. The number of hydrogen-bond donors (Lipinski definition) is 0. The van der Waals surface area contributed by atoms with Crippen molar-refractivity contribution in [3.05, 3.63) is 78.4 Å². The smallest absolute Gasteiger partial charge is 0.194 e. The highest BCUT2D eigenvalue weighted by atomic mass is 32.2. The van der Waals surface area contributed by atoms with Crippen LogP contribution in [0.2, 0.25) is 0 Å². The SMILES string of the molecule is CC1CN2C(=NC(c3ccccn3)C2c2cccn2-c2nc3ccccc3s2)S1. The molecular formula is C22H19N5S2. The summed E-state index contributed by atoms with van der Waals surface area (Å²) in [7, 11) is 0. The van der Waals surface area contributed by atoms with Crippen LogP contribution in [0.3, 0.4) is 0 Å². The number of hydrogen-bond acceptors (Lipinski definition) is 6. The molecule has 2 aliphatic rings. The molecule has 3 unspecified atom stereocenters. The van der Waals surface area contributed by atoms with Gasteiger partial charge in [-0.3, -0.25) is 14.5 Å². The summed E-state index contributed by atoms with van der Waals surface area (Å²) in [5.41, 5.74) is 3.28. The van der Waals surface area contributed by atoms with Gasteiger partial charge >= 0.3 is 0 Å². The van der Waals surface area contributed by atoms with Crippen LogP contribution in [-0.2, 0) is 0 Å². The molecule has 1 fully saturated rings. The Balaban J connectivity index is 1.47. The predicted molar refractivity (Wildman–Crippen MR) is 120 cm³/mol. The lowest BCUT2D eigenvalue weighted by Crippen LogP contribution is -2.30. The number of aromatic nitrogens is 3. The Morgan fingerprint density at radius 1 is 1.03 bits per heavy atom. The number of thiazole rings is 1. The molecule has 2 aliphatic heterocycles. The van der Waals surface area contributed by atoms with E-state index in [-0.39, 0.29) is 12.1 Å². The number of pyridine rings is 1. The Morgan fingerprint density at radius 2 is 1.93 bits per heavy atom. The third-order valence-corrected chi connectivity index (χ3v) is 7.59. The lowest BCUT2D eigenvalue weighted by molar-refractivity contribution is 0.312. The molecule has 0 aliphatic carbocycles. The van der Waals surface area contributed by atoms with Gasteiger partial charge in [0.1, 0.15) is 6.04 Å². The molecule has 4 aromatic rings. The van der Waals surface area contributed by atoms with E-state index in [1.165, 1.54) is 10.4 Å². The highest BCUT2D eigenvalue weighted by Crippen LogP contribution is 2.48. The number of rotatable bonds is 3. The average molecular weight is 418 g/mol. The molecule has 1 saturated heterocycles. The maximum absolute atomic E-state index is 5.10. The van der Waals surface area contributed by atoms with Crippen molar-refractivity contribution < 1.29 is 0 Å². The minimum Gasteiger partial charge on any atom is -0.339 e. The third kappa shape index (κ3) is 2.80. The summed E-state index contributed by atoms with van der Waals surface area (Å²) < 4.78 is 3.44. The zero-order valence-electron chi connectivity index (χ0n) is 15.8. The van der Waals surface area contributed by atoms with Crippen LogP contribution in [0.4, 0.5) is 0 Å². The highest BCUT2D eigenvalue weighted by molar-refractivity contribution is 8.14. The van der Waals surface area contributed by atoms with Crippen molar-refractivity contribution in [2.24, 2.45) is 4.99 Å². The molecule has 3 aromatic heterocycles. The first kappa shape index (κ1) is 17.2. The molecule has 1 aromatic carbocycles. The summed E-state index contributed by atoms with van der Waals surface area (Å²) in [5, 5.41) is 2.68. The molecule has 0 radical (unpaired) electrons. The fourth-order valence-corrected chi connectivity index (χ4v) is 6.27. The van der Waals surface area contributed by atoms with Crippen LogP contribution in [0.25, 0.3) is 15.3 Å². The van der Waals surface area contributed by atoms with E-state index >= 15 is 0 Å². The monoisotopic (exact) mass is 417 g/mol. The van der Waals surface area contributed by atoms with E-state index in [4.69, 9.17) is 9.98 Å². The lowest BCUT2D eigenvalue weighted by atomic mass is 10.0. The molecule has 0 N–H and O–H groups in total. The molecule has 6 rings (SSSR count). The molecule has 0 spiro atoms. The summed E-state index contributed by atoms with van der Waals surface area (Å²) in [6, 6.07) is 18.8. The number of nitrogens with zero attached hydrogens (tertiary/aromatic N) is 5. The van der Waals surface area contributed by atoms with Gasteiger partial charge in [-0.1, -0.05) is 48.2 Å². The molecule has 3 atom stereocenters. The minimum atomic E-state index is -0.00534. The van der Waals surface area contributed by atoms with Crippen LogP contribution in [0.5, 0.6) is 0 Å². The van der Waals surface area contributed by atoms with E-state index < -0.39 is 0 Å². The Hall–Kier alpha value is -2.64. The van der Waals surface area contributed by atoms with E-state index in [0.29, 0.717) is 5.25 Å². The molecule has 5 nitrogen and oxygen atoms in total. The largest absolute Gasteiger partial charge is 0.339 e. The van der Waals surface area contributed by atoms with Crippen molar-refractivity contribution >= 4 is 38.5 Å². The maximum atomic E-state index is 5.10. The van der Waals surface area contributed by atoms with Gasteiger partial charge in [0.25, 0.3) is 0 Å². The van der Waals surface area contributed by atoms with Gasteiger partial charge in [0, 0.05) is 24.2 Å². The van der Waals surface area contributed by atoms with Crippen LogP contribution in [0.1, 0.15) is 30.4 Å². The second-order valence-corrected chi connectivity index (χ2v) is 9.82. The van der Waals surface area contributed by atoms with Crippen molar-refractivity contribution in [1.29, 1.82) is 0 Å². The minimum absolute atomic E-state index is 0.00534. The summed E-state index contributed by atoms with van der Waals surface area (Å²) in [6.45, 7) is 3.27. The van der Waals surface area contributed by atoms with Gasteiger partial charge in [-0.2, -0.15) is 0 Å². The van der Waals surface area contributed by atoms with Crippen molar-refractivity contribution in [3.63, 3.8) is 0 Å². The van der Waals surface area contributed by atoms with Gasteiger partial charge in [0.2, 0.25) is 0 Å². The lowest BCUT2D eigenvalue weighted by Gasteiger charge is -2.27. The van der Waals surface area contributed by atoms with Gasteiger partial charge in [0.15, 0.2) is 10.3 Å². The van der Waals surface area contributed by atoms with Gasteiger partial charge in [-0.25, -0.2) is 4.98 Å². The molecule has 0 bridgehead atoms. The Kier molecular flexibility index (Phi) is 3.99. The summed E-state index contributed by atoms with van der Waals surface area (Å²) in [6.07, 6.45) is 3.98. The van der Waals surface area contributed by atoms with Gasteiger partial charge < -0.3 is 4.90 Å². The van der Waals surface area contributed by atoms with E-state index in [0.717, 1.165) is 28.1 Å². The summed E-state index contributed by atoms with van der Waals surface area (Å²) in [4.78, 5) is 17.1. The molecule has 0 amide bonds. The van der Waals surface area contributed by atoms with Crippen LogP contribution in [0.15, 0.2) is 72.0 Å². The quantitative estimate of drug-likeness (QED) is 0.467. The van der Waals surface area contributed by atoms with Crippen LogP contribution in [0, 0.1) is 0 Å². The zero-order valence-corrected chi connectivity index (χ0v) is 17.5. The van der Waals surface area contributed by atoms with Crippen molar-refractivity contribution in [2.45, 2.75) is 24.3 Å². The molecule has 29 heavy (non-hydrogen) atoms. The van der Waals surface area contributed by atoms with Crippen molar-refractivity contribution in [3.8, 4) is 5.13 Å². The first-order valence-electron chi connectivity index (χ1n) is 9.73. The predicted octanol–water partition coefficient (Wildman–Crippen LogP) is 5.07. The summed E-state index contributed by atoms with van der Waals surface area (Å²) >= 11 is 3.59. The van der Waals surface area contributed by atoms with E-state index in [1.807, 2.05) is 36.2 Å². The van der Waals surface area contributed by atoms with E-state index in [9.17, 15) is 0 Å². The fourth-order valence-electron chi connectivity index (χ4n) is 4.21. The number of amidine groups is 1. The average Bonchev–Trinajstić information content (AvgIpc) is 3.49. The molecule has 144 valence electrons. The topological polar surface area (TPSA) is 46.3 Å².